The van der Waals surface area contributed by atoms with E-state index in [4.69, 9.17) is 9.26 Å². The van der Waals surface area contributed by atoms with Gasteiger partial charge in [0.2, 0.25) is 5.89 Å². The van der Waals surface area contributed by atoms with Crippen molar-refractivity contribution in [1.82, 2.24) is 15.5 Å². The molecular weight excluding hydrogens is 254 g/mol. The SMILES string of the molecule is Cc1cccc(OCCc2noc(C3CCNC3)n2)c1. The summed E-state index contributed by atoms with van der Waals surface area (Å²) in [6.45, 7) is 4.57. The molecule has 0 bridgehead atoms. The summed E-state index contributed by atoms with van der Waals surface area (Å²) in [6, 6.07) is 8.02. The molecule has 1 aromatic heterocycles. The van der Waals surface area contributed by atoms with Crippen molar-refractivity contribution in [3.05, 3.63) is 41.5 Å². The van der Waals surface area contributed by atoms with Gasteiger partial charge in [-0.05, 0) is 37.6 Å². The number of aryl methyl sites for hydroxylation is 1. The van der Waals surface area contributed by atoms with Crippen molar-refractivity contribution in [2.24, 2.45) is 0 Å². The van der Waals surface area contributed by atoms with E-state index in [1.807, 2.05) is 31.2 Å². The van der Waals surface area contributed by atoms with Gasteiger partial charge in [-0.3, -0.25) is 0 Å². The fourth-order valence-electron chi connectivity index (χ4n) is 2.37. The third-order valence-electron chi connectivity index (χ3n) is 3.48. The van der Waals surface area contributed by atoms with E-state index in [9.17, 15) is 0 Å². The van der Waals surface area contributed by atoms with Crippen LogP contribution in [0.5, 0.6) is 5.75 Å². The summed E-state index contributed by atoms with van der Waals surface area (Å²) in [5.74, 6) is 2.72. The van der Waals surface area contributed by atoms with E-state index in [-0.39, 0.29) is 0 Å². The molecular formula is C15H19N3O2. The van der Waals surface area contributed by atoms with Crippen LogP contribution in [0.1, 0.15) is 29.6 Å². The first-order valence-corrected chi connectivity index (χ1v) is 7.04. The summed E-state index contributed by atoms with van der Waals surface area (Å²) in [5.41, 5.74) is 1.19. The Bertz CT molecular complexity index is 562. The lowest BCUT2D eigenvalue weighted by Crippen LogP contribution is -2.08. The largest absolute Gasteiger partial charge is 0.493 e. The first-order chi connectivity index (χ1) is 9.81. The maximum atomic E-state index is 5.69. The predicted molar refractivity (Wildman–Crippen MR) is 74.9 cm³/mol. The van der Waals surface area contributed by atoms with E-state index in [0.29, 0.717) is 18.9 Å². The minimum Gasteiger partial charge on any atom is -0.493 e. The molecule has 3 rings (SSSR count). The van der Waals surface area contributed by atoms with Gasteiger partial charge in [0.15, 0.2) is 5.82 Å². The molecule has 2 aromatic rings. The highest BCUT2D eigenvalue weighted by molar-refractivity contribution is 5.27. The molecule has 1 saturated heterocycles. The third-order valence-corrected chi connectivity index (χ3v) is 3.48. The fraction of sp³-hybridized carbons (Fsp3) is 0.467. The summed E-state index contributed by atoms with van der Waals surface area (Å²) >= 11 is 0. The van der Waals surface area contributed by atoms with Gasteiger partial charge in [0, 0.05) is 13.0 Å². The van der Waals surface area contributed by atoms with Gasteiger partial charge in [-0.15, -0.1) is 0 Å². The average Bonchev–Trinajstić information content (AvgIpc) is 3.09. The highest BCUT2D eigenvalue weighted by Gasteiger charge is 2.22. The van der Waals surface area contributed by atoms with E-state index in [2.05, 4.69) is 15.5 Å². The van der Waals surface area contributed by atoms with Gasteiger partial charge in [-0.1, -0.05) is 17.3 Å². The zero-order chi connectivity index (χ0) is 13.8. The van der Waals surface area contributed by atoms with Gasteiger partial charge in [-0.2, -0.15) is 4.98 Å². The molecule has 1 aromatic carbocycles. The number of nitrogens with zero attached hydrogens (tertiary/aromatic N) is 2. The van der Waals surface area contributed by atoms with Crippen LogP contribution in [-0.2, 0) is 6.42 Å². The summed E-state index contributed by atoms with van der Waals surface area (Å²) in [5, 5.41) is 7.31. The number of hydrogen-bond acceptors (Lipinski definition) is 5. The Balaban J connectivity index is 1.51. The van der Waals surface area contributed by atoms with Crippen LogP contribution in [0, 0.1) is 6.92 Å². The topological polar surface area (TPSA) is 60.2 Å². The molecule has 1 N–H and O–H groups in total. The molecule has 0 amide bonds. The lowest BCUT2D eigenvalue weighted by Gasteiger charge is -2.04. The van der Waals surface area contributed by atoms with Crippen LogP contribution in [0.2, 0.25) is 0 Å². The lowest BCUT2D eigenvalue weighted by atomic mass is 10.1. The number of benzene rings is 1. The van der Waals surface area contributed by atoms with Crippen LogP contribution in [-0.4, -0.2) is 29.8 Å². The molecule has 5 heteroatoms. The number of nitrogens with one attached hydrogen (secondary N) is 1. The van der Waals surface area contributed by atoms with Crippen LogP contribution < -0.4 is 10.1 Å². The van der Waals surface area contributed by atoms with Crippen LogP contribution in [0.3, 0.4) is 0 Å². The molecule has 0 spiro atoms. The molecule has 1 aliphatic rings. The molecule has 5 nitrogen and oxygen atoms in total. The van der Waals surface area contributed by atoms with Crippen LogP contribution in [0.4, 0.5) is 0 Å². The van der Waals surface area contributed by atoms with Gasteiger partial charge in [-0.25, -0.2) is 0 Å². The second-order valence-electron chi connectivity index (χ2n) is 5.15. The monoisotopic (exact) mass is 273 g/mol. The van der Waals surface area contributed by atoms with Crippen molar-refractivity contribution in [3.8, 4) is 5.75 Å². The van der Waals surface area contributed by atoms with Crippen molar-refractivity contribution < 1.29 is 9.26 Å². The molecule has 1 unspecified atom stereocenters. The Hall–Kier alpha value is -1.88. The Morgan fingerprint density at radius 3 is 3.20 bits per heavy atom. The highest BCUT2D eigenvalue weighted by atomic mass is 16.5. The Morgan fingerprint density at radius 1 is 1.45 bits per heavy atom. The van der Waals surface area contributed by atoms with Crippen LogP contribution in [0.15, 0.2) is 28.8 Å². The van der Waals surface area contributed by atoms with E-state index in [1.54, 1.807) is 0 Å². The van der Waals surface area contributed by atoms with E-state index in [0.717, 1.165) is 37.0 Å². The summed E-state index contributed by atoms with van der Waals surface area (Å²) in [7, 11) is 0. The van der Waals surface area contributed by atoms with Gasteiger partial charge in [0.05, 0.1) is 12.5 Å². The van der Waals surface area contributed by atoms with Crippen molar-refractivity contribution in [2.75, 3.05) is 19.7 Å². The smallest absolute Gasteiger partial charge is 0.231 e. The van der Waals surface area contributed by atoms with E-state index >= 15 is 0 Å². The maximum absolute atomic E-state index is 5.69. The standard InChI is InChI=1S/C15H19N3O2/c1-11-3-2-4-13(9-11)19-8-6-14-17-15(20-18-14)12-5-7-16-10-12/h2-4,9,12,16H,5-8,10H2,1H3. The number of aromatic nitrogens is 2. The van der Waals surface area contributed by atoms with Crippen LogP contribution >= 0.6 is 0 Å². The maximum Gasteiger partial charge on any atom is 0.231 e. The lowest BCUT2D eigenvalue weighted by molar-refractivity contribution is 0.312. The molecule has 1 atom stereocenters. The van der Waals surface area contributed by atoms with Crippen molar-refractivity contribution >= 4 is 0 Å². The minimum atomic E-state index is 0.369. The molecule has 2 heterocycles. The number of rotatable bonds is 5. The summed E-state index contributed by atoms with van der Waals surface area (Å²) in [4.78, 5) is 4.44. The van der Waals surface area contributed by atoms with Crippen LogP contribution in [0.25, 0.3) is 0 Å². The molecule has 0 radical (unpaired) electrons. The second-order valence-corrected chi connectivity index (χ2v) is 5.15. The van der Waals surface area contributed by atoms with Gasteiger partial charge in [0.25, 0.3) is 0 Å². The zero-order valence-electron chi connectivity index (χ0n) is 11.6. The van der Waals surface area contributed by atoms with Crippen molar-refractivity contribution in [3.63, 3.8) is 0 Å². The number of ether oxygens (including phenoxy) is 1. The minimum absolute atomic E-state index is 0.369. The molecule has 0 aliphatic carbocycles. The highest BCUT2D eigenvalue weighted by Crippen LogP contribution is 2.20. The summed E-state index contributed by atoms with van der Waals surface area (Å²) < 4.78 is 11.0. The molecule has 0 saturated carbocycles. The molecule has 106 valence electrons. The zero-order valence-corrected chi connectivity index (χ0v) is 11.6. The molecule has 1 aliphatic heterocycles. The van der Waals surface area contributed by atoms with Crippen molar-refractivity contribution in [1.29, 1.82) is 0 Å². The Kier molecular flexibility index (Phi) is 3.97. The van der Waals surface area contributed by atoms with E-state index in [1.165, 1.54) is 5.56 Å². The second kappa shape index (κ2) is 6.05. The van der Waals surface area contributed by atoms with Gasteiger partial charge in [0.1, 0.15) is 5.75 Å². The molecule has 1 fully saturated rings. The van der Waals surface area contributed by atoms with Gasteiger partial charge >= 0.3 is 0 Å². The normalized spacial score (nSPS) is 18.4. The fourth-order valence-corrected chi connectivity index (χ4v) is 2.37. The first-order valence-electron chi connectivity index (χ1n) is 7.04. The predicted octanol–water partition coefficient (Wildman–Crippen LogP) is 2.08. The first kappa shape index (κ1) is 13.1. The summed E-state index contributed by atoms with van der Waals surface area (Å²) in [6.07, 6.45) is 1.74. The van der Waals surface area contributed by atoms with Gasteiger partial charge < -0.3 is 14.6 Å². The average molecular weight is 273 g/mol. The Morgan fingerprint density at radius 2 is 2.40 bits per heavy atom. The third kappa shape index (κ3) is 3.17. The van der Waals surface area contributed by atoms with E-state index < -0.39 is 0 Å². The van der Waals surface area contributed by atoms with Crippen molar-refractivity contribution in [2.45, 2.75) is 25.7 Å². The molecule has 20 heavy (non-hydrogen) atoms. The quantitative estimate of drug-likeness (QED) is 0.903. The number of hydrogen-bond donors (Lipinski definition) is 1. The Labute approximate surface area is 118 Å².